The van der Waals surface area contributed by atoms with E-state index in [4.69, 9.17) is 28.4 Å². The van der Waals surface area contributed by atoms with Gasteiger partial charge in [-0.15, -0.1) is 0 Å². The van der Waals surface area contributed by atoms with Crippen LogP contribution in [0.3, 0.4) is 0 Å². The van der Waals surface area contributed by atoms with Crippen molar-refractivity contribution in [1.29, 1.82) is 0 Å². The molecule has 10 heteroatoms. The minimum atomic E-state index is -0.702. The van der Waals surface area contributed by atoms with E-state index < -0.39 is 11.5 Å². The second-order valence-corrected chi connectivity index (χ2v) is 8.13. The van der Waals surface area contributed by atoms with E-state index in [1.807, 2.05) is 6.07 Å². The van der Waals surface area contributed by atoms with Crippen LogP contribution in [0.15, 0.2) is 53.6 Å². The Kier molecular flexibility index (Phi) is 7.71. The molecule has 0 aliphatic rings. The van der Waals surface area contributed by atoms with Crippen molar-refractivity contribution >= 4 is 16.7 Å². The molecular weight excluding hydrogens is 492 g/mol. The molecule has 2 aromatic carbocycles. The zero-order chi connectivity index (χ0) is 27.4. The average Bonchev–Trinajstić information content (AvgIpc) is 2.96. The van der Waals surface area contributed by atoms with Crippen molar-refractivity contribution in [3.05, 3.63) is 70.4 Å². The van der Waals surface area contributed by atoms with E-state index in [-0.39, 0.29) is 12.2 Å². The van der Waals surface area contributed by atoms with Gasteiger partial charge in [-0.3, -0.25) is 14.3 Å². The maximum Gasteiger partial charge on any atom is 0.355 e. The van der Waals surface area contributed by atoms with Crippen molar-refractivity contribution < 1.29 is 33.2 Å². The van der Waals surface area contributed by atoms with Gasteiger partial charge in [0, 0.05) is 23.3 Å². The van der Waals surface area contributed by atoms with Crippen molar-refractivity contribution in [2.45, 2.75) is 6.54 Å². The third kappa shape index (κ3) is 4.56. The molecular formula is C28H28N2O8. The molecule has 4 aromatic rings. The molecule has 38 heavy (non-hydrogen) atoms. The summed E-state index contributed by atoms with van der Waals surface area (Å²) in [5.74, 6) is 1.17. The number of nitrogens with zero attached hydrogens (tertiary/aromatic N) is 2. The highest BCUT2D eigenvalue weighted by atomic mass is 16.5. The standard InChI is InChI=1S/C28H28N2O8/c1-33-20-12-18-19(13-21(20)34-2)27(31)30(15-16-8-7-9-29-14-16)25(28(32)38-6)24(18)17-10-22(35-3)26(37-5)23(11-17)36-4/h7-14H,15H2,1-6H3. The van der Waals surface area contributed by atoms with Crippen molar-refractivity contribution in [2.24, 2.45) is 0 Å². The number of carbonyl (C=O) groups is 1. The van der Waals surface area contributed by atoms with Gasteiger partial charge in [0.2, 0.25) is 5.75 Å². The molecule has 0 atom stereocenters. The van der Waals surface area contributed by atoms with Crippen LogP contribution in [-0.2, 0) is 11.3 Å². The number of methoxy groups -OCH3 is 6. The Labute approximate surface area is 219 Å². The molecule has 0 aliphatic carbocycles. The highest BCUT2D eigenvalue weighted by Gasteiger charge is 2.27. The number of hydrogen-bond donors (Lipinski definition) is 0. The number of hydrogen-bond acceptors (Lipinski definition) is 9. The first-order chi connectivity index (χ1) is 18.4. The molecule has 2 aromatic heterocycles. The van der Waals surface area contributed by atoms with Gasteiger partial charge in [-0.2, -0.15) is 0 Å². The molecule has 2 heterocycles. The maximum atomic E-state index is 13.9. The lowest BCUT2D eigenvalue weighted by molar-refractivity contribution is 0.0588. The largest absolute Gasteiger partial charge is 0.493 e. The summed E-state index contributed by atoms with van der Waals surface area (Å²) in [6.07, 6.45) is 3.26. The highest BCUT2D eigenvalue weighted by molar-refractivity contribution is 6.08. The molecule has 10 nitrogen and oxygen atoms in total. The second kappa shape index (κ2) is 11.1. The molecule has 0 spiro atoms. The third-order valence-electron chi connectivity index (χ3n) is 6.17. The minimum Gasteiger partial charge on any atom is -0.493 e. The average molecular weight is 521 g/mol. The fraction of sp³-hybridized carbons (Fsp3) is 0.250. The number of esters is 1. The van der Waals surface area contributed by atoms with Gasteiger partial charge in [0.1, 0.15) is 5.69 Å². The normalized spacial score (nSPS) is 10.7. The highest BCUT2D eigenvalue weighted by Crippen LogP contribution is 2.44. The van der Waals surface area contributed by atoms with Crippen LogP contribution in [-0.4, -0.2) is 58.2 Å². The Morgan fingerprint density at radius 2 is 1.42 bits per heavy atom. The van der Waals surface area contributed by atoms with Gasteiger partial charge in [-0.25, -0.2) is 4.79 Å². The number of ether oxygens (including phenoxy) is 6. The first-order valence-corrected chi connectivity index (χ1v) is 11.5. The van der Waals surface area contributed by atoms with Crippen LogP contribution in [0.4, 0.5) is 0 Å². The quantitative estimate of drug-likeness (QED) is 0.303. The number of rotatable bonds is 9. The van der Waals surface area contributed by atoms with Crippen molar-refractivity contribution in [1.82, 2.24) is 9.55 Å². The molecule has 0 saturated carbocycles. The molecule has 0 N–H and O–H groups in total. The molecule has 0 amide bonds. The maximum absolute atomic E-state index is 13.9. The summed E-state index contributed by atoms with van der Waals surface area (Å²) in [7, 11) is 8.74. The Morgan fingerprint density at radius 3 is 1.92 bits per heavy atom. The van der Waals surface area contributed by atoms with Gasteiger partial charge in [-0.05, 0) is 41.5 Å². The fourth-order valence-corrected chi connectivity index (χ4v) is 4.42. The first-order valence-electron chi connectivity index (χ1n) is 11.5. The summed E-state index contributed by atoms with van der Waals surface area (Å²) in [5, 5.41) is 0.757. The van der Waals surface area contributed by atoms with Crippen LogP contribution in [0.2, 0.25) is 0 Å². The Bertz CT molecular complexity index is 1520. The summed E-state index contributed by atoms with van der Waals surface area (Å²) in [4.78, 5) is 31.5. The minimum absolute atomic E-state index is 0.0374. The molecule has 0 unspecified atom stereocenters. The number of carbonyl (C=O) groups excluding carboxylic acids is 1. The lowest BCUT2D eigenvalue weighted by Crippen LogP contribution is -2.28. The monoisotopic (exact) mass is 520 g/mol. The van der Waals surface area contributed by atoms with Crippen LogP contribution >= 0.6 is 0 Å². The van der Waals surface area contributed by atoms with E-state index in [0.717, 1.165) is 5.56 Å². The van der Waals surface area contributed by atoms with Crippen LogP contribution < -0.4 is 29.2 Å². The number of pyridine rings is 2. The zero-order valence-electron chi connectivity index (χ0n) is 22.0. The predicted octanol–water partition coefficient (Wildman–Crippen LogP) is 3.94. The Balaban J connectivity index is 2.22. The summed E-state index contributed by atoms with van der Waals surface area (Å²) in [6.45, 7) is 0.0683. The van der Waals surface area contributed by atoms with E-state index in [1.54, 1.807) is 42.7 Å². The van der Waals surface area contributed by atoms with E-state index in [9.17, 15) is 9.59 Å². The molecule has 0 saturated heterocycles. The molecule has 4 rings (SSSR count). The van der Waals surface area contributed by atoms with E-state index >= 15 is 0 Å². The van der Waals surface area contributed by atoms with Crippen LogP contribution in [0.25, 0.3) is 21.9 Å². The summed E-state index contributed by atoms with van der Waals surface area (Å²) < 4.78 is 34.2. The molecule has 0 bridgehead atoms. The Morgan fingerprint density at radius 1 is 0.816 bits per heavy atom. The van der Waals surface area contributed by atoms with Gasteiger partial charge < -0.3 is 28.4 Å². The van der Waals surface area contributed by atoms with E-state index in [0.29, 0.717) is 50.6 Å². The molecule has 0 radical (unpaired) electrons. The second-order valence-electron chi connectivity index (χ2n) is 8.13. The molecule has 0 fully saturated rings. The summed E-state index contributed by atoms with van der Waals surface area (Å²) >= 11 is 0. The number of fused-ring (bicyclic) bond motifs is 1. The van der Waals surface area contributed by atoms with Crippen molar-refractivity contribution in [2.75, 3.05) is 42.7 Å². The van der Waals surface area contributed by atoms with Crippen LogP contribution in [0.5, 0.6) is 28.7 Å². The van der Waals surface area contributed by atoms with Gasteiger partial charge in [0.05, 0.1) is 54.6 Å². The summed E-state index contributed by atoms with van der Waals surface area (Å²) in [5.41, 5.74) is 1.28. The number of aromatic nitrogens is 2. The summed E-state index contributed by atoms with van der Waals surface area (Å²) in [6, 6.07) is 10.2. The number of benzene rings is 2. The van der Waals surface area contributed by atoms with Gasteiger partial charge >= 0.3 is 5.97 Å². The Hall–Kier alpha value is -4.73. The lowest BCUT2D eigenvalue weighted by atomic mass is 9.95. The van der Waals surface area contributed by atoms with Crippen molar-refractivity contribution in [3.8, 4) is 39.9 Å². The predicted molar refractivity (Wildman–Crippen MR) is 141 cm³/mol. The smallest absolute Gasteiger partial charge is 0.355 e. The van der Waals surface area contributed by atoms with Crippen molar-refractivity contribution in [3.63, 3.8) is 0 Å². The molecule has 0 aliphatic heterocycles. The SMILES string of the molecule is COC(=O)c1c(-c2cc(OC)c(OC)c(OC)c2)c2cc(OC)c(OC)cc2c(=O)n1Cc1cccnc1. The topological polar surface area (TPSA) is 107 Å². The fourth-order valence-electron chi connectivity index (χ4n) is 4.42. The zero-order valence-corrected chi connectivity index (χ0v) is 22.0. The van der Waals surface area contributed by atoms with E-state index in [2.05, 4.69) is 4.98 Å². The molecule has 198 valence electrons. The van der Waals surface area contributed by atoms with Gasteiger partial charge in [0.25, 0.3) is 5.56 Å². The van der Waals surface area contributed by atoms with Crippen LogP contribution in [0.1, 0.15) is 16.1 Å². The third-order valence-corrected chi connectivity index (χ3v) is 6.17. The lowest BCUT2D eigenvalue weighted by Gasteiger charge is -2.21. The van der Waals surface area contributed by atoms with Gasteiger partial charge in [-0.1, -0.05) is 6.07 Å². The first kappa shape index (κ1) is 26.3. The van der Waals surface area contributed by atoms with Crippen LogP contribution in [0, 0.1) is 0 Å². The van der Waals surface area contributed by atoms with Gasteiger partial charge in [0.15, 0.2) is 23.0 Å². The van der Waals surface area contributed by atoms with E-state index in [1.165, 1.54) is 47.2 Å².